The zero-order chi connectivity index (χ0) is 13.8. The maximum absolute atomic E-state index is 11.3. The summed E-state index contributed by atoms with van der Waals surface area (Å²) in [6, 6.07) is 12.8. The van der Waals surface area contributed by atoms with Gasteiger partial charge in [-0.1, -0.05) is 53.5 Å². The highest BCUT2D eigenvalue weighted by Crippen LogP contribution is 2.34. The first-order valence-electron chi connectivity index (χ1n) is 5.74. The third-order valence-corrected chi connectivity index (χ3v) is 3.19. The second kappa shape index (κ2) is 6.09. The molecule has 0 heterocycles. The summed E-state index contributed by atoms with van der Waals surface area (Å²) in [6.07, 6.45) is 0. The molecule has 0 unspecified atom stereocenters. The van der Waals surface area contributed by atoms with E-state index in [4.69, 9.17) is 27.9 Å². The smallest absolute Gasteiger partial charge is 0.159 e. The first-order valence-corrected chi connectivity index (χ1v) is 6.50. The number of hydrogen-bond donors (Lipinski definition) is 0. The molecule has 4 heteroatoms. The van der Waals surface area contributed by atoms with Crippen molar-refractivity contribution in [2.75, 3.05) is 0 Å². The third kappa shape index (κ3) is 3.49. The second-order valence-electron chi connectivity index (χ2n) is 4.10. The van der Waals surface area contributed by atoms with Crippen molar-refractivity contribution < 1.29 is 9.53 Å². The first-order chi connectivity index (χ1) is 9.08. The van der Waals surface area contributed by atoms with Gasteiger partial charge in [0.25, 0.3) is 0 Å². The lowest BCUT2D eigenvalue weighted by Crippen LogP contribution is -1.98. The molecule has 2 aromatic carbocycles. The van der Waals surface area contributed by atoms with Gasteiger partial charge in [0.2, 0.25) is 0 Å². The lowest BCUT2D eigenvalue weighted by molar-refractivity contribution is 0.101. The Bertz CT molecular complexity index is 571. The standard InChI is InChI=1S/C15H12Cl2O2/c1-10(18)12-7-13(16)15(14(17)8-12)19-9-11-5-3-2-4-6-11/h2-8H,9H2,1H3. The van der Waals surface area contributed by atoms with Gasteiger partial charge >= 0.3 is 0 Å². The highest BCUT2D eigenvalue weighted by molar-refractivity contribution is 6.37. The number of ketones is 1. The molecule has 0 atom stereocenters. The van der Waals surface area contributed by atoms with E-state index in [0.717, 1.165) is 5.56 Å². The van der Waals surface area contributed by atoms with Gasteiger partial charge in [0.15, 0.2) is 11.5 Å². The van der Waals surface area contributed by atoms with Crippen LogP contribution in [0.5, 0.6) is 5.75 Å². The maximum atomic E-state index is 11.3. The monoisotopic (exact) mass is 294 g/mol. The highest BCUT2D eigenvalue weighted by atomic mass is 35.5. The van der Waals surface area contributed by atoms with Crippen LogP contribution in [0.15, 0.2) is 42.5 Å². The molecule has 0 amide bonds. The molecule has 0 bridgehead atoms. The maximum Gasteiger partial charge on any atom is 0.159 e. The molecule has 2 aromatic rings. The summed E-state index contributed by atoms with van der Waals surface area (Å²) in [7, 11) is 0. The van der Waals surface area contributed by atoms with Gasteiger partial charge in [-0.15, -0.1) is 0 Å². The van der Waals surface area contributed by atoms with Crippen LogP contribution in [-0.4, -0.2) is 5.78 Å². The molecule has 98 valence electrons. The highest BCUT2D eigenvalue weighted by Gasteiger charge is 2.12. The largest absolute Gasteiger partial charge is 0.486 e. The lowest BCUT2D eigenvalue weighted by atomic mass is 10.1. The molecular formula is C15H12Cl2O2. The fraction of sp³-hybridized carbons (Fsp3) is 0.133. The van der Waals surface area contributed by atoms with Crippen molar-refractivity contribution in [2.24, 2.45) is 0 Å². The fourth-order valence-electron chi connectivity index (χ4n) is 1.63. The van der Waals surface area contributed by atoms with Gasteiger partial charge in [0.1, 0.15) is 6.61 Å². The normalized spacial score (nSPS) is 10.3. The van der Waals surface area contributed by atoms with Crippen molar-refractivity contribution in [2.45, 2.75) is 13.5 Å². The van der Waals surface area contributed by atoms with Gasteiger partial charge < -0.3 is 4.74 Å². The Morgan fingerprint density at radius 1 is 1.11 bits per heavy atom. The Morgan fingerprint density at radius 3 is 2.21 bits per heavy atom. The van der Waals surface area contributed by atoms with Crippen LogP contribution in [0.3, 0.4) is 0 Å². The minimum absolute atomic E-state index is 0.0848. The summed E-state index contributed by atoms with van der Waals surface area (Å²) in [6.45, 7) is 1.84. The Hall–Kier alpha value is -1.51. The Kier molecular flexibility index (Phi) is 4.46. The number of halogens is 2. The number of rotatable bonds is 4. The Morgan fingerprint density at radius 2 is 1.68 bits per heavy atom. The zero-order valence-corrected chi connectivity index (χ0v) is 11.8. The van der Waals surface area contributed by atoms with Crippen LogP contribution < -0.4 is 4.74 Å². The fourth-order valence-corrected chi connectivity index (χ4v) is 2.23. The van der Waals surface area contributed by atoms with Crippen molar-refractivity contribution in [1.29, 1.82) is 0 Å². The predicted molar refractivity (Wildman–Crippen MR) is 77.2 cm³/mol. The van der Waals surface area contributed by atoms with Crippen molar-refractivity contribution in [3.8, 4) is 5.75 Å². The van der Waals surface area contributed by atoms with Crippen LogP contribution in [0.25, 0.3) is 0 Å². The minimum atomic E-state index is -0.0848. The molecule has 0 aliphatic heterocycles. The summed E-state index contributed by atoms with van der Waals surface area (Å²) in [5.41, 5.74) is 1.49. The van der Waals surface area contributed by atoms with Crippen molar-refractivity contribution >= 4 is 29.0 Å². The predicted octanol–water partition coefficient (Wildman–Crippen LogP) is 4.78. The van der Waals surface area contributed by atoms with Gasteiger partial charge in [-0.05, 0) is 24.6 Å². The topological polar surface area (TPSA) is 26.3 Å². The molecule has 0 saturated carbocycles. The van der Waals surface area contributed by atoms with Crippen molar-refractivity contribution in [3.63, 3.8) is 0 Å². The van der Waals surface area contributed by atoms with Crippen LogP contribution >= 0.6 is 23.2 Å². The molecule has 0 radical (unpaired) electrons. The Balaban J connectivity index is 2.19. The van der Waals surface area contributed by atoms with Crippen LogP contribution in [-0.2, 0) is 6.61 Å². The van der Waals surface area contributed by atoms with E-state index >= 15 is 0 Å². The van der Waals surface area contributed by atoms with Gasteiger partial charge in [-0.3, -0.25) is 4.79 Å². The number of Topliss-reactive ketones (excluding diaryl/α,β-unsaturated/α-hetero) is 1. The van der Waals surface area contributed by atoms with E-state index in [2.05, 4.69) is 0 Å². The summed E-state index contributed by atoms with van der Waals surface area (Å²) in [5, 5.41) is 0.683. The molecule has 0 N–H and O–H groups in total. The second-order valence-corrected chi connectivity index (χ2v) is 4.91. The number of hydrogen-bond acceptors (Lipinski definition) is 2. The number of benzene rings is 2. The van der Waals surface area contributed by atoms with E-state index in [1.807, 2.05) is 30.3 Å². The van der Waals surface area contributed by atoms with Crippen LogP contribution in [0.2, 0.25) is 10.0 Å². The molecule has 0 saturated heterocycles. The number of carbonyl (C=O) groups is 1. The number of carbonyl (C=O) groups excluding carboxylic acids is 1. The van der Waals surface area contributed by atoms with Crippen LogP contribution in [0.1, 0.15) is 22.8 Å². The summed E-state index contributed by atoms with van der Waals surface area (Å²) in [4.78, 5) is 11.3. The van der Waals surface area contributed by atoms with E-state index in [1.165, 1.54) is 6.92 Å². The van der Waals surface area contributed by atoms with E-state index in [0.29, 0.717) is 28.0 Å². The molecule has 0 aliphatic rings. The van der Waals surface area contributed by atoms with Gasteiger partial charge in [0.05, 0.1) is 10.0 Å². The van der Waals surface area contributed by atoms with Gasteiger partial charge in [-0.25, -0.2) is 0 Å². The SMILES string of the molecule is CC(=O)c1cc(Cl)c(OCc2ccccc2)c(Cl)c1. The third-order valence-electron chi connectivity index (χ3n) is 2.63. The average Bonchev–Trinajstić information content (AvgIpc) is 2.38. The van der Waals surface area contributed by atoms with Gasteiger partial charge in [0, 0.05) is 5.56 Å². The molecule has 0 aromatic heterocycles. The lowest BCUT2D eigenvalue weighted by Gasteiger charge is -2.11. The van der Waals surface area contributed by atoms with E-state index in [9.17, 15) is 4.79 Å². The molecule has 0 aliphatic carbocycles. The quantitative estimate of drug-likeness (QED) is 0.759. The molecule has 2 nitrogen and oxygen atoms in total. The van der Waals surface area contributed by atoms with Crippen molar-refractivity contribution in [1.82, 2.24) is 0 Å². The summed E-state index contributed by atoms with van der Waals surface area (Å²) in [5.74, 6) is 0.315. The average molecular weight is 295 g/mol. The number of ether oxygens (including phenoxy) is 1. The zero-order valence-electron chi connectivity index (χ0n) is 10.3. The molecular weight excluding hydrogens is 283 g/mol. The van der Waals surface area contributed by atoms with Crippen molar-refractivity contribution in [3.05, 3.63) is 63.6 Å². The summed E-state index contributed by atoms with van der Waals surface area (Å²) >= 11 is 12.2. The molecule has 2 rings (SSSR count). The molecule has 19 heavy (non-hydrogen) atoms. The minimum Gasteiger partial charge on any atom is -0.486 e. The van der Waals surface area contributed by atoms with Gasteiger partial charge in [-0.2, -0.15) is 0 Å². The summed E-state index contributed by atoms with van der Waals surface area (Å²) < 4.78 is 5.61. The first kappa shape index (κ1) is 13.9. The Labute approximate surface area is 121 Å². The van der Waals surface area contributed by atoms with E-state index < -0.39 is 0 Å². The molecule has 0 spiro atoms. The molecule has 0 fully saturated rings. The van der Waals surface area contributed by atoms with E-state index in [1.54, 1.807) is 12.1 Å². The van der Waals surface area contributed by atoms with Crippen LogP contribution in [0.4, 0.5) is 0 Å². The van der Waals surface area contributed by atoms with E-state index in [-0.39, 0.29) is 5.78 Å². The van der Waals surface area contributed by atoms with Crippen LogP contribution in [0, 0.1) is 0 Å².